The molecule has 0 radical (unpaired) electrons. The van der Waals surface area contributed by atoms with E-state index in [0.29, 0.717) is 62.7 Å². The fourth-order valence-corrected chi connectivity index (χ4v) is 4.79. The van der Waals surface area contributed by atoms with Crippen LogP contribution in [-0.4, -0.2) is 81.8 Å². The molecule has 2 aliphatic heterocycles. The monoisotopic (exact) mass is 534 g/mol. The summed E-state index contributed by atoms with van der Waals surface area (Å²) in [6.45, 7) is 7.04. The van der Waals surface area contributed by atoms with Crippen molar-refractivity contribution >= 4 is 17.8 Å². The SMILES string of the molecule is CCCNC(=O)N1CCN(c2ccnc(-n3ccnc3)n2)C(CC(=O)NC(C)c2ccc3c(c2)OCCO3)C1. The lowest BCUT2D eigenvalue weighted by molar-refractivity contribution is -0.122. The molecule has 2 N–H and O–H groups in total. The van der Waals surface area contributed by atoms with Gasteiger partial charge in [-0.15, -0.1) is 0 Å². The van der Waals surface area contributed by atoms with Crippen LogP contribution in [0.25, 0.3) is 5.95 Å². The maximum atomic E-state index is 13.3. The van der Waals surface area contributed by atoms with Crippen LogP contribution in [0.5, 0.6) is 11.5 Å². The summed E-state index contributed by atoms with van der Waals surface area (Å²) in [5.41, 5.74) is 0.925. The average Bonchev–Trinajstić information content (AvgIpc) is 3.51. The molecule has 5 rings (SSSR count). The van der Waals surface area contributed by atoms with Gasteiger partial charge in [0.1, 0.15) is 25.4 Å². The Morgan fingerprint density at radius 1 is 1.13 bits per heavy atom. The minimum atomic E-state index is -0.274. The summed E-state index contributed by atoms with van der Waals surface area (Å²) in [5.74, 6) is 2.46. The average molecular weight is 535 g/mol. The molecule has 2 atom stereocenters. The number of amides is 3. The van der Waals surface area contributed by atoms with Crippen LogP contribution in [0.4, 0.5) is 10.6 Å². The molecule has 0 bridgehead atoms. The van der Waals surface area contributed by atoms with Crippen molar-refractivity contribution < 1.29 is 19.1 Å². The van der Waals surface area contributed by atoms with Crippen molar-refractivity contribution in [1.29, 1.82) is 0 Å². The van der Waals surface area contributed by atoms with Crippen molar-refractivity contribution in [3.63, 3.8) is 0 Å². The van der Waals surface area contributed by atoms with Gasteiger partial charge in [0.2, 0.25) is 11.9 Å². The zero-order valence-electron chi connectivity index (χ0n) is 22.2. The molecule has 0 saturated carbocycles. The standard InChI is InChI=1S/C27H34N8O4/c1-3-7-30-27(37)33-11-12-35(24-6-8-29-26(32-24)34-10-9-28-18-34)21(17-33)16-25(36)31-19(2)20-4-5-22-23(15-20)39-14-13-38-22/h4-6,8-10,15,18-19,21H,3,7,11-14,16-17H2,1-2H3,(H,30,37)(H,31,36). The van der Waals surface area contributed by atoms with Crippen LogP contribution in [0, 0.1) is 0 Å². The number of imidazole rings is 1. The predicted octanol–water partition coefficient (Wildman–Crippen LogP) is 2.31. The number of urea groups is 1. The molecule has 0 spiro atoms. The van der Waals surface area contributed by atoms with Gasteiger partial charge in [-0.3, -0.25) is 9.36 Å². The van der Waals surface area contributed by atoms with Gasteiger partial charge in [0, 0.05) is 51.2 Å². The number of hydrogen-bond acceptors (Lipinski definition) is 8. The molecule has 1 fully saturated rings. The van der Waals surface area contributed by atoms with E-state index in [1.54, 1.807) is 34.4 Å². The van der Waals surface area contributed by atoms with Crippen LogP contribution in [0.3, 0.4) is 0 Å². The number of anilines is 1. The summed E-state index contributed by atoms with van der Waals surface area (Å²) < 4.78 is 13.0. The Labute approximate surface area is 227 Å². The fraction of sp³-hybridized carbons (Fsp3) is 0.444. The highest BCUT2D eigenvalue weighted by atomic mass is 16.6. The molecule has 39 heavy (non-hydrogen) atoms. The van der Waals surface area contributed by atoms with E-state index in [1.165, 1.54) is 0 Å². The Balaban J connectivity index is 1.31. The molecular formula is C27H34N8O4. The van der Waals surface area contributed by atoms with Gasteiger partial charge in [-0.1, -0.05) is 13.0 Å². The molecule has 2 unspecified atom stereocenters. The first-order chi connectivity index (χ1) is 19.0. The van der Waals surface area contributed by atoms with Crippen LogP contribution in [0.1, 0.15) is 38.3 Å². The maximum absolute atomic E-state index is 13.3. The Hall–Kier alpha value is -4.35. The van der Waals surface area contributed by atoms with E-state index in [2.05, 4.69) is 25.5 Å². The highest BCUT2D eigenvalue weighted by Crippen LogP contribution is 2.32. The molecule has 2 aromatic heterocycles. The minimum Gasteiger partial charge on any atom is -0.486 e. The summed E-state index contributed by atoms with van der Waals surface area (Å²) in [4.78, 5) is 43.1. The second-order valence-corrected chi connectivity index (χ2v) is 9.61. The Bertz CT molecular complexity index is 1280. The van der Waals surface area contributed by atoms with E-state index in [4.69, 9.17) is 14.5 Å². The van der Waals surface area contributed by atoms with Crippen molar-refractivity contribution in [3.8, 4) is 17.4 Å². The number of nitrogens with zero attached hydrogens (tertiary/aromatic N) is 6. The first-order valence-electron chi connectivity index (χ1n) is 13.3. The Morgan fingerprint density at radius 2 is 1.97 bits per heavy atom. The third kappa shape index (κ3) is 6.21. The van der Waals surface area contributed by atoms with E-state index >= 15 is 0 Å². The molecule has 12 heteroatoms. The normalized spacial score (nSPS) is 17.4. The van der Waals surface area contributed by atoms with Gasteiger partial charge in [0.05, 0.1) is 12.1 Å². The lowest BCUT2D eigenvalue weighted by Crippen LogP contribution is -2.58. The number of aromatic nitrogens is 4. The van der Waals surface area contributed by atoms with Crippen LogP contribution in [-0.2, 0) is 4.79 Å². The molecule has 1 saturated heterocycles. The molecule has 0 aliphatic carbocycles. The Morgan fingerprint density at radius 3 is 2.77 bits per heavy atom. The topological polar surface area (TPSA) is 127 Å². The maximum Gasteiger partial charge on any atom is 0.317 e. The summed E-state index contributed by atoms with van der Waals surface area (Å²) in [7, 11) is 0. The van der Waals surface area contributed by atoms with Crippen LogP contribution < -0.4 is 25.0 Å². The van der Waals surface area contributed by atoms with E-state index in [9.17, 15) is 9.59 Å². The largest absolute Gasteiger partial charge is 0.486 e. The number of benzene rings is 1. The van der Waals surface area contributed by atoms with Crippen LogP contribution >= 0.6 is 0 Å². The van der Waals surface area contributed by atoms with Gasteiger partial charge in [0.25, 0.3) is 0 Å². The fourth-order valence-electron chi connectivity index (χ4n) is 4.79. The zero-order valence-corrected chi connectivity index (χ0v) is 22.2. The van der Waals surface area contributed by atoms with E-state index < -0.39 is 0 Å². The molecule has 1 aromatic carbocycles. The molecule has 12 nitrogen and oxygen atoms in total. The first-order valence-corrected chi connectivity index (χ1v) is 13.3. The second-order valence-electron chi connectivity index (χ2n) is 9.61. The van der Waals surface area contributed by atoms with E-state index in [-0.39, 0.29) is 30.4 Å². The molecule has 206 valence electrons. The number of piperazine rings is 1. The van der Waals surface area contributed by atoms with Crippen LogP contribution in [0.2, 0.25) is 0 Å². The lowest BCUT2D eigenvalue weighted by Gasteiger charge is -2.42. The summed E-state index contributed by atoms with van der Waals surface area (Å²) in [5, 5.41) is 6.05. The van der Waals surface area contributed by atoms with Crippen LogP contribution in [0.15, 0.2) is 49.2 Å². The van der Waals surface area contributed by atoms with Gasteiger partial charge in [0.15, 0.2) is 11.5 Å². The highest BCUT2D eigenvalue weighted by Gasteiger charge is 2.32. The quantitative estimate of drug-likeness (QED) is 0.451. The second kappa shape index (κ2) is 12.0. The molecular weight excluding hydrogens is 500 g/mol. The van der Waals surface area contributed by atoms with E-state index in [0.717, 1.165) is 12.0 Å². The summed E-state index contributed by atoms with van der Waals surface area (Å²) >= 11 is 0. The van der Waals surface area contributed by atoms with Gasteiger partial charge in [-0.25, -0.2) is 14.8 Å². The molecule has 4 heterocycles. The number of carbonyl (C=O) groups excluding carboxylic acids is 2. The van der Waals surface area contributed by atoms with Crippen molar-refractivity contribution in [1.82, 2.24) is 35.1 Å². The first kappa shape index (κ1) is 26.3. The minimum absolute atomic E-state index is 0.117. The van der Waals surface area contributed by atoms with Gasteiger partial charge < -0.3 is 29.9 Å². The molecule has 3 amide bonds. The smallest absolute Gasteiger partial charge is 0.317 e. The third-order valence-electron chi connectivity index (χ3n) is 6.82. The molecule has 3 aromatic rings. The number of rotatable bonds is 8. The van der Waals surface area contributed by atoms with Crippen molar-refractivity contribution in [3.05, 3.63) is 54.7 Å². The number of hydrogen-bond donors (Lipinski definition) is 2. The Kier molecular flexibility index (Phi) is 8.09. The number of carbonyl (C=O) groups is 2. The molecule has 2 aliphatic rings. The van der Waals surface area contributed by atoms with E-state index in [1.807, 2.05) is 38.1 Å². The zero-order chi connectivity index (χ0) is 27.2. The number of nitrogens with one attached hydrogen (secondary N) is 2. The van der Waals surface area contributed by atoms with Gasteiger partial charge in [-0.05, 0) is 37.1 Å². The van der Waals surface area contributed by atoms with Crippen molar-refractivity contribution in [2.75, 3.05) is 44.3 Å². The lowest BCUT2D eigenvalue weighted by atomic mass is 10.0. The predicted molar refractivity (Wildman–Crippen MR) is 144 cm³/mol. The van der Waals surface area contributed by atoms with Crippen molar-refractivity contribution in [2.24, 2.45) is 0 Å². The number of fused-ring (bicyclic) bond motifs is 1. The van der Waals surface area contributed by atoms with Gasteiger partial charge >= 0.3 is 6.03 Å². The van der Waals surface area contributed by atoms with Gasteiger partial charge in [-0.2, -0.15) is 4.98 Å². The third-order valence-corrected chi connectivity index (χ3v) is 6.82. The highest BCUT2D eigenvalue weighted by molar-refractivity contribution is 5.78. The van der Waals surface area contributed by atoms with Crippen molar-refractivity contribution in [2.45, 2.75) is 38.8 Å². The summed E-state index contributed by atoms with van der Waals surface area (Å²) in [6, 6.07) is 6.91. The summed E-state index contributed by atoms with van der Waals surface area (Å²) in [6.07, 6.45) is 7.82. The number of ether oxygens (including phenoxy) is 2.